The van der Waals surface area contributed by atoms with Crippen LogP contribution in [0.2, 0.25) is 0 Å². The molecule has 0 radical (unpaired) electrons. The molecule has 0 fully saturated rings. The van der Waals surface area contributed by atoms with E-state index in [4.69, 9.17) is 0 Å². The fourth-order valence-corrected chi connectivity index (χ4v) is 14.0. The lowest BCUT2D eigenvalue weighted by Crippen LogP contribution is -1.90. The normalized spacial score (nSPS) is 10.4. The first-order valence-electron chi connectivity index (χ1n) is 38.5. The van der Waals surface area contributed by atoms with Crippen LogP contribution in [0.4, 0.5) is 0 Å². The van der Waals surface area contributed by atoms with Crippen molar-refractivity contribution < 1.29 is 0 Å². The minimum atomic E-state index is 1.01. The maximum atomic E-state index is 4.48. The molecule has 6 heteroatoms. The standard InChI is InChI=1S/6C18H15N/c1-14-7-5-11-17(16-10-6-12-19-13-16)18(14)15-8-3-2-4-9-15;1-14-8-7-11-16(17-12-5-6-13-19-17)18(14)15-9-3-2-4-10-15;1-14-6-5-9-17(15-10-12-19-13-11-15)18(14)16-7-3-2-4-8-16;1-14-10-11-16(18-9-5-6-12-19-18)13-17(14)15-7-3-2-4-8-15;1-14-9-10-16(17-8-5-11-19-13-17)12-18(14)15-6-3-2-4-7-15;1-14-7-8-17(15-9-11-19-12-10-15)13-18(14)16-5-3-2-4-6-16/h6*2-13H,1H3. The van der Waals surface area contributed by atoms with Crippen molar-refractivity contribution in [2.75, 3.05) is 0 Å². The predicted molar refractivity (Wildman–Crippen MR) is 479 cm³/mol. The summed E-state index contributed by atoms with van der Waals surface area (Å²) in [5, 5.41) is 0. The van der Waals surface area contributed by atoms with Crippen LogP contribution in [0, 0.1) is 41.5 Å². The van der Waals surface area contributed by atoms with Crippen LogP contribution in [0.3, 0.4) is 0 Å². The van der Waals surface area contributed by atoms with Crippen LogP contribution in [-0.2, 0) is 0 Å². The number of pyridine rings is 6. The largest absolute Gasteiger partial charge is 0.265 e. The van der Waals surface area contributed by atoms with Gasteiger partial charge in [-0.25, -0.2) is 0 Å². The fraction of sp³-hybridized carbons (Fsp3) is 0.0556. The lowest BCUT2D eigenvalue weighted by Gasteiger charge is -2.13. The van der Waals surface area contributed by atoms with Gasteiger partial charge in [0.1, 0.15) is 0 Å². The molecule has 0 atom stereocenters. The van der Waals surface area contributed by atoms with Crippen LogP contribution in [0.5, 0.6) is 0 Å². The van der Waals surface area contributed by atoms with Crippen LogP contribution in [-0.4, -0.2) is 29.9 Å². The van der Waals surface area contributed by atoms with Gasteiger partial charge in [0.25, 0.3) is 0 Å². The van der Waals surface area contributed by atoms with Crippen LogP contribution >= 0.6 is 0 Å². The first kappa shape index (κ1) is 77.7. The first-order valence-corrected chi connectivity index (χ1v) is 38.5. The minimum absolute atomic E-state index is 1.01. The molecule has 0 aliphatic heterocycles. The van der Waals surface area contributed by atoms with Gasteiger partial charge in [0.15, 0.2) is 0 Å². The van der Waals surface area contributed by atoms with E-state index < -0.39 is 0 Å². The van der Waals surface area contributed by atoms with E-state index in [2.05, 4.69) is 357 Å². The van der Waals surface area contributed by atoms with E-state index in [1.54, 1.807) is 6.20 Å². The molecule has 18 aromatic rings. The van der Waals surface area contributed by atoms with Crippen molar-refractivity contribution in [3.05, 3.63) is 471 Å². The molecule has 0 aliphatic carbocycles. The predicted octanol–water partition coefficient (Wildman–Crippen LogP) is 28.3. The van der Waals surface area contributed by atoms with Crippen molar-refractivity contribution in [2.45, 2.75) is 41.5 Å². The summed E-state index contributed by atoms with van der Waals surface area (Å²) >= 11 is 0. The summed E-state index contributed by atoms with van der Waals surface area (Å²) < 4.78 is 0. The monoisotopic (exact) mass is 1470 g/mol. The van der Waals surface area contributed by atoms with Gasteiger partial charge in [0.05, 0.1) is 11.4 Å². The smallest absolute Gasteiger partial charge is 0.0708 e. The molecule has 0 saturated heterocycles. The van der Waals surface area contributed by atoms with Gasteiger partial charge in [-0.2, -0.15) is 0 Å². The molecule has 0 amide bonds. The maximum absolute atomic E-state index is 4.48. The Morgan fingerprint density at radius 3 is 0.842 bits per heavy atom. The average molecular weight is 1470 g/mol. The van der Waals surface area contributed by atoms with Gasteiger partial charge in [-0.1, -0.05) is 297 Å². The SMILES string of the molecule is Cc1ccc(-c2ccccn2)cc1-c1ccccc1.Cc1ccc(-c2cccnc2)cc1-c1ccccc1.Cc1ccc(-c2ccncc2)cc1-c1ccccc1.Cc1cccc(-c2ccccn2)c1-c1ccccc1.Cc1cccc(-c2cccnc2)c1-c1ccccc1.Cc1cccc(-c2ccncc2)c1-c1ccccc1. The zero-order valence-corrected chi connectivity index (χ0v) is 65.3. The Morgan fingerprint density at radius 2 is 0.456 bits per heavy atom. The van der Waals surface area contributed by atoms with Crippen molar-refractivity contribution in [1.82, 2.24) is 29.9 Å². The molecule has 18 rings (SSSR count). The topological polar surface area (TPSA) is 77.3 Å². The van der Waals surface area contributed by atoms with E-state index in [9.17, 15) is 0 Å². The third-order valence-corrected chi connectivity index (χ3v) is 19.8. The maximum Gasteiger partial charge on any atom is 0.0708 e. The molecule has 6 nitrogen and oxygen atoms in total. The molecule has 0 unspecified atom stereocenters. The number of aryl methyl sites for hydroxylation is 6. The Kier molecular flexibility index (Phi) is 27.1. The third kappa shape index (κ3) is 20.5. The van der Waals surface area contributed by atoms with Crippen molar-refractivity contribution in [2.24, 2.45) is 0 Å². The molecule has 6 heterocycles. The highest BCUT2D eigenvalue weighted by atomic mass is 14.7. The van der Waals surface area contributed by atoms with Crippen LogP contribution in [0.25, 0.3) is 134 Å². The van der Waals surface area contributed by atoms with Crippen LogP contribution in [0.1, 0.15) is 33.4 Å². The number of hydrogen-bond donors (Lipinski definition) is 0. The minimum Gasteiger partial charge on any atom is -0.265 e. The summed E-state index contributed by atoms with van der Waals surface area (Å²) in [6, 6.07) is 130. The lowest BCUT2D eigenvalue weighted by atomic mass is 9.91. The quantitative estimate of drug-likeness (QED) is 0.121. The lowest BCUT2D eigenvalue weighted by molar-refractivity contribution is 1.32. The summed E-state index contributed by atoms with van der Waals surface area (Å²) in [5.41, 5.74) is 36.9. The van der Waals surface area contributed by atoms with E-state index in [-0.39, 0.29) is 0 Å². The molecular weight excluding hydrogens is 1380 g/mol. The number of rotatable bonds is 12. The summed E-state index contributed by atoms with van der Waals surface area (Å²) in [4.78, 5) is 25.5. The second-order valence-corrected chi connectivity index (χ2v) is 27.7. The molecule has 6 aromatic heterocycles. The van der Waals surface area contributed by atoms with Gasteiger partial charge in [-0.15, -0.1) is 0 Å². The highest BCUT2D eigenvalue weighted by Gasteiger charge is 2.15. The van der Waals surface area contributed by atoms with E-state index in [1.165, 1.54) is 139 Å². The summed E-state index contributed by atoms with van der Waals surface area (Å²) in [6.07, 6.45) is 18.4. The molecule has 114 heavy (non-hydrogen) atoms. The summed E-state index contributed by atoms with van der Waals surface area (Å²) in [6.45, 7) is 12.9. The van der Waals surface area contributed by atoms with Gasteiger partial charge in [0, 0.05) is 84.2 Å². The molecule has 0 N–H and O–H groups in total. The molecular formula is C108H90N6. The molecule has 0 bridgehead atoms. The Morgan fingerprint density at radius 1 is 0.149 bits per heavy atom. The fourth-order valence-electron chi connectivity index (χ4n) is 14.0. The summed E-state index contributed by atoms with van der Waals surface area (Å²) in [7, 11) is 0. The first-order chi connectivity index (χ1) is 56.1. The van der Waals surface area contributed by atoms with Crippen molar-refractivity contribution in [1.29, 1.82) is 0 Å². The molecule has 0 saturated carbocycles. The van der Waals surface area contributed by atoms with Gasteiger partial charge < -0.3 is 0 Å². The molecule has 0 spiro atoms. The second-order valence-electron chi connectivity index (χ2n) is 27.7. The Hall–Kier alpha value is -14.5. The van der Waals surface area contributed by atoms with Crippen molar-refractivity contribution in [3.63, 3.8) is 0 Å². The van der Waals surface area contributed by atoms with E-state index >= 15 is 0 Å². The van der Waals surface area contributed by atoms with Crippen LogP contribution in [0.15, 0.2) is 438 Å². The Labute approximate surface area is 672 Å². The Bertz CT molecular complexity index is 5370. The highest BCUT2D eigenvalue weighted by Crippen LogP contribution is 2.39. The third-order valence-electron chi connectivity index (χ3n) is 19.8. The van der Waals surface area contributed by atoms with Gasteiger partial charge in [-0.05, 0) is 254 Å². The highest BCUT2D eigenvalue weighted by molar-refractivity contribution is 5.88. The van der Waals surface area contributed by atoms with Crippen LogP contribution < -0.4 is 0 Å². The molecule has 0 aliphatic rings. The zero-order chi connectivity index (χ0) is 78.5. The van der Waals surface area contributed by atoms with E-state index in [1.807, 2.05) is 147 Å². The number of nitrogens with zero attached hydrogens (tertiary/aromatic N) is 6. The summed E-state index contributed by atoms with van der Waals surface area (Å²) in [5.74, 6) is 0. The van der Waals surface area contributed by atoms with E-state index in [0.29, 0.717) is 0 Å². The van der Waals surface area contributed by atoms with Gasteiger partial charge >= 0.3 is 0 Å². The van der Waals surface area contributed by atoms with Crippen molar-refractivity contribution >= 4 is 0 Å². The number of benzene rings is 12. The van der Waals surface area contributed by atoms with Gasteiger partial charge in [-0.3, -0.25) is 29.9 Å². The molecule has 12 aromatic carbocycles. The average Bonchev–Trinajstić information content (AvgIpc) is 0.805. The second kappa shape index (κ2) is 39.8. The Balaban J connectivity index is 0.000000119. The van der Waals surface area contributed by atoms with E-state index in [0.717, 1.165) is 28.1 Å². The number of hydrogen-bond acceptors (Lipinski definition) is 6. The molecule has 552 valence electrons. The van der Waals surface area contributed by atoms with Gasteiger partial charge in [0.2, 0.25) is 0 Å². The zero-order valence-electron chi connectivity index (χ0n) is 65.3. The van der Waals surface area contributed by atoms with Crippen molar-refractivity contribution in [3.8, 4) is 134 Å². The number of aromatic nitrogens is 6.